The van der Waals surface area contributed by atoms with Gasteiger partial charge in [-0.2, -0.15) is 0 Å². The Bertz CT molecular complexity index is 675. The molecule has 2 aromatic heterocycles. The fraction of sp³-hybridized carbons (Fsp3) is 0.562. The van der Waals surface area contributed by atoms with Crippen LogP contribution in [-0.4, -0.2) is 32.7 Å². The summed E-state index contributed by atoms with van der Waals surface area (Å²) in [6.07, 6.45) is 5.31. The van der Waals surface area contributed by atoms with Gasteiger partial charge in [-0.25, -0.2) is 0 Å². The predicted octanol–water partition coefficient (Wildman–Crippen LogP) is 1.73. The van der Waals surface area contributed by atoms with Crippen molar-refractivity contribution < 1.29 is 0 Å². The Labute approximate surface area is 142 Å². The van der Waals surface area contributed by atoms with Crippen LogP contribution >= 0.6 is 12.4 Å². The predicted molar refractivity (Wildman–Crippen MR) is 92.2 cm³/mol. The smallest absolute Gasteiger partial charge is 0.250 e. The second-order valence-electron chi connectivity index (χ2n) is 5.96. The van der Waals surface area contributed by atoms with Crippen molar-refractivity contribution in [3.8, 4) is 0 Å². The number of nitrogens with one attached hydrogen (secondary N) is 1. The van der Waals surface area contributed by atoms with E-state index in [0.717, 1.165) is 37.4 Å². The van der Waals surface area contributed by atoms with Crippen LogP contribution in [0.15, 0.2) is 29.2 Å². The molecular weight excluding hydrogens is 314 g/mol. The monoisotopic (exact) mass is 337 g/mol. The van der Waals surface area contributed by atoms with Crippen LogP contribution in [-0.2, 0) is 13.1 Å². The van der Waals surface area contributed by atoms with Crippen molar-refractivity contribution >= 4 is 12.4 Å². The summed E-state index contributed by atoms with van der Waals surface area (Å²) >= 11 is 0. The van der Waals surface area contributed by atoms with Gasteiger partial charge in [0.2, 0.25) is 0 Å². The number of hydrogen-bond donors (Lipinski definition) is 1. The Kier molecular flexibility index (Phi) is 6.36. The van der Waals surface area contributed by atoms with Gasteiger partial charge in [0.25, 0.3) is 5.56 Å². The fourth-order valence-corrected chi connectivity index (χ4v) is 3.01. The van der Waals surface area contributed by atoms with Crippen LogP contribution in [0, 0.1) is 6.92 Å². The van der Waals surface area contributed by atoms with Gasteiger partial charge in [-0.3, -0.25) is 9.48 Å². The van der Waals surface area contributed by atoms with E-state index in [4.69, 9.17) is 0 Å². The average Bonchev–Trinajstić information content (AvgIpc) is 3.00. The third-order valence-electron chi connectivity index (χ3n) is 4.31. The lowest BCUT2D eigenvalue weighted by Gasteiger charge is -2.20. The molecule has 1 atom stereocenters. The molecule has 0 spiro atoms. The summed E-state index contributed by atoms with van der Waals surface area (Å²) in [6.45, 7) is 5.57. The maximum absolute atomic E-state index is 11.8. The van der Waals surface area contributed by atoms with Gasteiger partial charge in [-0.05, 0) is 38.8 Å². The number of nitrogens with zero attached hydrogens (tertiary/aromatic N) is 4. The molecule has 0 saturated carbocycles. The van der Waals surface area contributed by atoms with Crippen molar-refractivity contribution in [1.82, 2.24) is 24.9 Å². The molecule has 0 radical (unpaired) electrons. The first kappa shape index (κ1) is 17.7. The summed E-state index contributed by atoms with van der Waals surface area (Å²) < 4.78 is 3.70. The van der Waals surface area contributed by atoms with Crippen molar-refractivity contribution in [3.05, 3.63) is 46.1 Å². The molecule has 23 heavy (non-hydrogen) atoms. The Morgan fingerprint density at radius 2 is 2.22 bits per heavy atom. The van der Waals surface area contributed by atoms with E-state index in [0.29, 0.717) is 12.5 Å². The quantitative estimate of drug-likeness (QED) is 0.902. The van der Waals surface area contributed by atoms with E-state index < -0.39 is 0 Å². The van der Waals surface area contributed by atoms with E-state index in [1.54, 1.807) is 12.1 Å². The number of halogens is 1. The molecule has 2 aromatic rings. The number of rotatable bonds is 5. The minimum Gasteiger partial charge on any atom is -0.316 e. The second kappa shape index (κ2) is 8.26. The van der Waals surface area contributed by atoms with Gasteiger partial charge in [0.15, 0.2) is 0 Å². The molecule has 3 heterocycles. The second-order valence-corrected chi connectivity index (χ2v) is 5.96. The summed E-state index contributed by atoms with van der Waals surface area (Å²) in [4.78, 5) is 11.8. The lowest BCUT2D eigenvalue weighted by atomic mass is 9.97. The zero-order valence-corrected chi connectivity index (χ0v) is 14.3. The summed E-state index contributed by atoms with van der Waals surface area (Å²) in [7, 11) is 0. The molecule has 6 nitrogen and oxygen atoms in total. The molecular formula is C16H24ClN5O. The van der Waals surface area contributed by atoms with Crippen LogP contribution < -0.4 is 10.9 Å². The Morgan fingerprint density at radius 1 is 1.35 bits per heavy atom. The number of aromatic nitrogens is 4. The zero-order chi connectivity index (χ0) is 15.4. The molecule has 0 aliphatic carbocycles. The maximum Gasteiger partial charge on any atom is 0.250 e. The molecule has 1 saturated heterocycles. The zero-order valence-electron chi connectivity index (χ0n) is 13.4. The minimum absolute atomic E-state index is 0. The van der Waals surface area contributed by atoms with Gasteiger partial charge < -0.3 is 9.88 Å². The lowest BCUT2D eigenvalue weighted by Crippen LogP contribution is -2.28. The molecule has 0 amide bonds. The van der Waals surface area contributed by atoms with Crippen molar-refractivity contribution in [2.75, 3.05) is 13.1 Å². The minimum atomic E-state index is 0. The van der Waals surface area contributed by atoms with Gasteiger partial charge in [0.1, 0.15) is 0 Å². The first-order valence-corrected chi connectivity index (χ1v) is 8.01. The largest absolute Gasteiger partial charge is 0.316 e. The molecule has 1 N–H and O–H groups in total. The highest BCUT2D eigenvalue weighted by Crippen LogP contribution is 2.20. The first-order valence-electron chi connectivity index (χ1n) is 8.01. The highest BCUT2D eigenvalue weighted by molar-refractivity contribution is 5.85. The third kappa shape index (κ3) is 4.42. The van der Waals surface area contributed by atoms with Crippen LogP contribution in [0.2, 0.25) is 0 Å². The first-order chi connectivity index (χ1) is 10.7. The van der Waals surface area contributed by atoms with Gasteiger partial charge in [-0.15, -0.1) is 17.5 Å². The fourth-order valence-electron chi connectivity index (χ4n) is 3.01. The average molecular weight is 338 g/mol. The van der Waals surface area contributed by atoms with E-state index in [9.17, 15) is 4.79 Å². The normalized spacial score (nSPS) is 17.7. The number of pyridine rings is 1. The molecule has 1 aliphatic heterocycles. The Hall–Kier alpha value is -1.66. The van der Waals surface area contributed by atoms with Crippen molar-refractivity contribution in [2.24, 2.45) is 0 Å². The molecule has 1 fully saturated rings. The number of hydrogen-bond acceptors (Lipinski definition) is 4. The SMILES string of the molecule is Cc1cccc(=O)n1CCCn1cc(C2CCCNC2)nn1.Cl. The summed E-state index contributed by atoms with van der Waals surface area (Å²) in [5.74, 6) is 0.487. The summed E-state index contributed by atoms with van der Waals surface area (Å²) in [5.41, 5.74) is 2.15. The van der Waals surface area contributed by atoms with Gasteiger partial charge >= 0.3 is 0 Å². The standard InChI is InChI=1S/C16H23N5O.ClH/c1-13-5-2-7-16(22)21(13)10-4-9-20-12-15(18-19-20)14-6-3-8-17-11-14;/h2,5,7,12,14,17H,3-4,6,8-11H2,1H3;1H. The van der Waals surface area contributed by atoms with E-state index in [-0.39, 0.29) is 18.0 Å². The number of aryl methyl sites for hydroxylation is 2. The molecule has 3 rings (SSSR count). The summed E-state index contributed by atoms with van der Waals surface area (Å²) in [5, 5.41) is 11.9. The lowest BCUT2D eigenvalue weighted by molar-refractivity contribution is 0.454. The van der Waals surface area contributed by atoms with Gasteiger partial charge in [0, 0.05) is 43.5 Å². The maximum atomic E-state index is 11.8. The van der Waals surface area contributed by atoms with Crippen molar-refractivity contribution in [1.29, 1.82) is 0 Å². The molecule has 0 aromatic carbocycles. The van der Waals surface area contributed by atoms with E-state index in [1.165, 1.54) is 12.8 Å². The number of piperidine rings is 1. The van der Waals surface area contributed by atoms with Crippen LogP contribution in [0.5, 0.6) is 0 Å². The van der Waals surface area contributed by atoms with Gasteiger partial charge in [-0.1, -0.05) is 11.3 Å². The van der Waals surface area contributed by atoms with Gasteiger partial charge in [0.05, 0.1) is 5.69 Å². The Morgan fingerprint density at radius 3 is 2.96 bits per heavy atom. The van der Waals surface area contributed by atoms with Crippen LogP contribution in [0.25, 0.3) is 0 Å². The van der Waals surface area contributed by atoms with E-state index in [2.05, 4.69) is 21.8 Å². The highest BCUT2D eigenvalue weighted by atomic mass is 35.5. The molecule has 0 bridgehead atoms. The van der Waals surface area contributed by atoms with Crippen molar-refractivity contribution in [3.63, 3.8) is 0 Å². The molecule has 1 aliphatic rings. The van der Waals surface area contributed by atoms with Crippen LogP contribution in [0.3, 0.4) is 0 Å². The Balaban J connectivity index is 0.00000192. The molecule has 126 valence electrons. The third-order valence-corrected chi connectivity index (χ3v) is 4.31. The topological polar surface area (TPSA) is 64.7 Å². The highest BCUT2D eigenvalue weighted by Gasteiger charge is 2.18. The molecule has 7 heteroatoms. The van der Waals surface area contributed by atoms with Crippen molar-refractivity contribution in [2.45, 2.75) is 45.2 Å². The van der Waals surface area contributed by atoms with E-state index >= 15 is 0 Å². The summed E-state index contributed by atoms with van der Waals surface area (Å²) in [6, 6.07) is 5.37. The van der Waals surface area contributed by atoms with E-state index in [1.807, 2.05) is 22.2 Å². The molecule has 1 unspecified atom stereocenters. The van der Waals surface area contributed by atoms with Crippen LogP contribution in [0.4, 0.5) is 0 Å². The van der Waals surface area contributed by atoms with Crippen LogP contribution in [0.1, 0.15) is 36.6 Å².